The first kappa shape index (κ1) is 27.2. The third-order valence-corrected chi connectivity index (χ3v) is 5.33. The number of carbonyl (C=O) groups excluding carboxylic acids is 1. The number of carbonyl (C=O) groups is 1. The molecule has 0 saturated carbocycles. The molecule has 1 fully saturated rings. The van der Waals surface area contributed by atoms with Crippen LogP contribution in [0.1, 0.15) is 77.9 Å². The Kier molecular flexibility index (Phi) is 13.3. The molecule has 1 aromatic carbocycles. The molecule has 0 amide bonds. The highest BCUT2D eigenvalue weighted by Crippen LogP contribution is 2.37. The molecule has 0 aliphatic carbocycles. The zero-order valence-electron chi connectivity index (χ0n) is 20.2. The number of cyclic esters (lactones) is 1. The fraction of sp³-hybridized carbons (Fsp3) is 0.720. The number of hydrogen-bond donors (Lipinski definition) is 1. The van der Waals surface area contributed by atoms with Gasteiger partial charge in [-0.2, -0.15) is 0 Å². The van der Waals surface area contributed by atoms with E-state index in [-0.39, 0.29) is 18.0 Å². The van der Waals surface area contributed by atoms with Crippen molar-refractivity contribution >= 4 is 5.97 Å². The summed E-state index contributed by atoms with van der Waals surface area (Å²) < 4.78 is 21.6. The van der Waals surface area contributed by atoms with Crippen molar-refractivity contribution in [3.63, 3.8) is 0 Å². The van der Waals surface area contributed by atoms with Gasteiger partial charge in [0, 0.05) is 26.6 Å². The Labute approximate surface area is 188 Å². The molecule has 6 heteroatoms. The SMILES string of the molecule is CCC.COCCCOc1cc(C(O)C(CCC2CCC(=O)O2)C(C)C)ccc1OC. The van der Waals surface area contributed by atoms with Crippen LogP contribution in [-0.4, -0.2) is 44.6 Å². The van der Waals surface area contributed by atoms with Crippen LogP contribution < -0.4 is 9.47 Å². The molecule has 1 heterocycles. The van der Waals surface area contributed by atoms with E-state index in [9.17, 15) is 9.90 Å². The average Bonchev–Trinajstić information content (AvgIpc) is 3.16. The molecule has 1 aromatic rings. The van der Waals surface area contributed by atoms with Crippen molar-refractivity contribution in [1.82, 2.24) is 0 Å². The van der Waals surface area contributed by atoms with Gasteiger partial charge < -0.3 is 24.1 Å². The van der Waals surface area contributed by atoms with Crippen LogP contribution in [0.5, 0.6) is 11.5 Å². The smallest absolute Gasteiger partial charge is 0.306 e. The zero-order valence-corrected chi connectivity index (χ0v) is 20.2. The Morgan fingerprint density at radius 2 is 1.87 bits per heavy atom. The molecule has 1 aliphatic heterocycles. The molecular weight excluding hydrogens is 396 g/mol. The minimum Gasteiger partial charge on any atom is -0.493 e. The molecule has 1 saturated heterocycles. The maximum Gasteiger partial charge on any atom is 0.306 e. The van der Waals surface area contributed by atoms with Gasteiger partial charge in [0.25, 0.3) is 0 Å². The molecule has 178 valence electrons. The van der Waals surface area contributed by atoms with Crippen molar-refractivity contribution in [2.24, 2.45) is 11.8 Å². The highest BCUT2D eigenvalue weighted by molar-refractivity contribution is 5.71. The summed E-state index contributed by atoms with van der Waals surface area (Å²) in [6.45, 7) is 9.62. The summed E-state index contributed by atoms with van der Waals surface area (Å²) in [6.07, 6.45) is 4.25. The van der Waals surface area contributed by atoms with Gasteiger partial charge in [-0.05, 0) is 48.8 Å². The molecule has 3 atom stereocenters. The van der Waals surface area contributed by atoms with Crippen LogP contribution in [0.4, 0.5) is 0 Å². The number of ether oxygens (including phenoxy) is 4. The lowest BCUT2D eigenvalue weighted by molar-refractivity contribution is -0.141. The van der Waals surface area contributed by atoms with Gasteiger partial charge in [0.1, 0.15) is 6.10 Å². The monoisotopic (exact) mass is 438 g/mol. The van der Waals surface area contributed by atoms with Gasteiger partial charge in [0.15, 0.2) is 11.5 Å². The molecule has 31 heavy (non-hydrogen) atoms. The van der Waals surface area contributed by atoms with Gasteiger partial charge in [0.2, 0.25) is 0 Å². The first-order valence-corrected chi connectivity index (χ1v) is 11.5. The normalized spacial score (nSPS) is 17.5. The van der Waals surface area contributed by atoms with E-state index in [0.717, 1.165) is 31.2 Å². The third-order valence-electron chi connectivity index (χ3n) is 5.33. The highest BCUT2D eigenvalue weighted by atomic mass is 16.5. The molecule has 3 unspecified atom stereocenters. The van der Waals surface area contributed by atoms with Crippen molar-refractivity contribution in [3.8, 4) is 11.5 Å². The Hall–Kier alpha value is -1.79. The maximum absolute atomic E-state index is 11.3. The maximum atomic E-state index is 11.3. The van der Waals surface area contributed by atoms with Gasteiger partial charge in [-0.1, -0.05) is 40.2 Å². The van der Waals surface area contributed by atoms with Crippen LogP contribution in [0.25, 0.3) is 0 Å². The summed E-state index contributed by atoms with van der Waals surface area (Å²) in [5.74, 6) is 1.51. The first-order chi connectivity index (χ1) is 14.9. The summed E-state index contributed by atoms with van der Waals surface area (Å²) in [4.78, 5) is 11.3. The molecule has 1 aliphatic rings. The lowest BCUT2D eigenvalue weighted by atomic mass is 9.82. The topological polar surface area (TPSA) is 74.2 Å². The van der Waals surface area contributed by atoms with Crippen LogP contribution in [-0.2, 0) is 14.3 Å². The fourth-order valence-corrected chi connectivity index (χ4v) is 3.64. The second kappa shape index (κ2) is 15.1. The Balaban J connectivity index is 0.00000151. The van der Waals surface area contributed by atoms with Gasteiger partial charge in [-0.3, -0.25) is 4.79 Å². The summed E-state index contributed by atoms with van der Waals surface area (Å²) in [7, 11) is 3.27. The van der Waals surface area contributed by atoms with Crippen LogP contribution in [0.2, 0.25) is 0 Å². The van der Waals surface area contributed by atoms with Gasteiger partial charge >= 0.3 is 5.97 Å². The summed E-state index contributed by atoms with van der Waals surface area (Å²) in [6, 6.07) is 5.58. The third kappa shape index (κ3) is 9.48. The molecule has 0 radical (unpaired) electrons. The first-order valence-electron chi connectivity index (χ1n) is 11.5. The highest BCUT2D eigenvalue weighted by Gasteiger charge is 2.29. The summed E-state index contributed by atoms with van der Waals surface area (Å²) in [5.41, 5.74) is 0.810. The van der Waals surface area contributed by atoms with Crippen molar-refractivity contribution < 1.29 is 28.8 Å². The standard InChI is InChI=1S/C22H34O6.C3H8/c1-15(2)18(9-7-17-8-11-21(23)28-17)22(24)16-6-10-19(26-4)20(14-16)27-13-5-12-25-3;1-3-2/h6,10,14-15,17-18,22,24H,5,7-9,11-13H2,1-4H3;3H2,1-2H3. The predicted molar refractivity (Wildman–Crippen MR) is 123 cm³/mol. The van der Waals surface area contributed by atoms with Gasteiger partial charge in [-0.25, -0.2) is 0 Å². The largest absolute Gasteiger partial charge is 0.493 e. The quantitative estimate of drug-likeness (QED) is 0.352. The van der Waals surface area contributed by atoms with Crippen molar-refractivity contribution in [2.45, 2.75) is 78.4 Å². The van der Waals surface area contributed by atoms with E-state index in [1.807, 2.05) is 18.2 Å². The second-order valence-electron chi connectivity index (χ2n) is 8.39. The Morgan fingerprint density at radius 3 is 2.42 bits per heavy atom. The van der Waals surface area contributed by atoms with Crippen molar-refractivity contribution in [1.29, 1.82) is 0 Å². The van der Waals surface area contributed by atoms with E-state index < -0.39 is 6.10 Å². The second-order valence-corrected chi connectivity index (χ2v) is 8.39. The van der Waals surface area contributed by atoms with E-state index in [2.05, 4.69) is 27.7 Å². The molecule has 6 nitrogen and oxygen atoms in total. The lowest BCUT2D eigenvalue weighted by Gasteiger charge is -2.28. The molecule has 0 bridgehead atoms. The predicted octanol–water partition coefficient (Wildman–Crippen LogP) is 5.32. The van der Waals surface area contributed by atoms with E-state index in [1.54, 1.807) is 14.2 Å². The molecule has 0 aromatic heterocycles. The number of aliphatic hydroxyl groups is 1. The van der Waals surface area contributed by atoms with Crippen LogP contribution in [0, 0.1) is 11.8 Å². The molecular formula is C25H42O6. The lowest BCUT2D eigenvalue weighted by Crippen LogP contribution is -2.21. The van der Waals surface area contributed by atoms with E-state index in [0.29, 0.717) is 37.1 Å². The van der Waals surface area contributed by atoms with E-state index in [1.165, 1.54) is 6.42 Å². The van der Waals surface area contributed by atoms with E-state index >= 15 is 0 Å². The number of aliphatic hydroxyl groups excluding tert-OH is 1. The number of rotatable bonds is 12. The van der Waals surface area contributed by atoms with Crippen LogP contribution >= 0.6 is 0 Å². The number of methoxy groups -OCH3 is 2. The fourth-order valence-electron chi connectivity index (χ4n) is 3.64. The number of benzene rings is 1. The molecule has 1 N–H and O–H groups in total. The summed E-state index contributed by atoms with van der Waals surface area (Å²) in [5, 5.41) is 11.1. The van der Waals surface area contributed by atoms with Gasteiger partial charge in [0.05, 0.1) is 19.8 Å². The van der Waals surface area contributed by atoms with Crippen LogP contribution in [0.15, 0.2) is 18.2 Å². The minimum absolute atomic E-state index is 0.0171. The Morgan fingerprint density at radius 1 is 1.16 bits per heavy atom. The van der Waals surface area contributed by atoms with Crippen molar-refractivity contribution in [2.75, 3.05) is 27.4 Å². The van der Waals surface area contributed by atoms with E-state index in [4.69, 9.17) is 18.9 Å². The number of esters is 1. The molecule has 0 spiro atoms. The zero-order chi connectivity index (χ0) is 23.2. The summed E-state index contributed by atoms with van der Waals surface area (Å²) >= 11 is 0. The van der Waals surface area contributed by atoms with Crippen molar-refractivity contribution in [3.05, 3.63) is 23.8 Å². The Bertz CT molecular complexity index is 630. The number of hydrogen-bond acceptors (Lipinski definition) is 6. The van der Waals surface area contributed by atoms with Crippen LogP contribution in [0.3, 0.4) is 0 Å². The molecule has 2 rings (SSSR count). The minimum atomic E-state index is -0.621. The van der Waals surface area contributed by atoms with Gasteiger partial charge in [-0.15, -0.1) is 0 Å². The average molecular weight is 439 g/mol.